The number of halogens is 2. The minimum absolute atomic E-state index is 0.0190. The third-order valence-electron chi connectivity index (χ3n) is 4.42. The molecule has 0 spiro atoms. The molecule has 0 amide bonds. The van der Waals surface area contributed by atoms with Gasteiger partial charge in [0.2, 0.25) is 9.84 Å². The van der Waals surface area contributed by atoms with Gasteiger partial charge in [0.1, 0.15) is 10.7 Å². The summed E-state index contributed by atoms with van der Waals surface area (Å²) in [6.07, 6.45) is 0.293. The first-order chi connectivity index (χ1) is 12.9. The van der Waals surface area contributed by atoms with Gasteiger partial charge in [-0.3, -0.25) is 0 Å². The molecule has 0 radical (unpaired) electrons. The summed E-state index contributed by atoms with van der Waals surface area (Å²) in [6.45, 7) is 1.88. The second kappa shape index (κ2) is 6.74. The average molecular weight is 421 g/mol. The number of fused-ring (bicyclic) bond motifs is 1. The predicted molar refractivity (Wildman–Crippen MR) is 105 cm³/mol. The SMILES string of the molecule is Cc1[nH]c2ccc(F)cc2c1Cc1snc(Cl)c1S(=O)(=O)c1ccccc1. The Kier molecular flexibility index (Phi) is 4.53. The standard InChI is InChI=1S/C19H14ClFN2O2S2/c1-11-14(15-9-12(21)7-8-16(15)22-11)10-17-18(19(20)23-26-17)27(24,25)13-5-3-2-4-6-13/h2-9,22H,10H2,1H3. The van der Waals surface area contributed by atoms with Gasteiger partial charge in [0.25, 0.3) is 0 Å². The van der Waals surface area contributed by atoms with Gasteiger partial charge < -0.3 is 4.98 Å². The number of hydrogen-bond donors (Lipinski definition) is 1. The van der Waals surface area contributed by atoms with E-state index in [4.69, 9.17) is 11.6 Å². The molecule has 0 aliphatic rings. The number of rotatable bonds is 4. The van der Waals surface area contributed by atoms with Crippen LogP contribution in [0, 0.1) is 12.7 Å². The molecule has 4 rings (SSSR count). The lowest BCUT2D eigenvalue weighted by molar-refractivity contribution is 0.595. The van der Waals surface area contributed by atoms with Crippen LogP contribution in [0.25, 0.3) is 10.9 Å². The van der Waals surface area contributed by atoms with E-state index in [1.165, 1.54) is 24.3 Å². The van der Waals surface area contributed by atoms with Gasteiger partial charge in [-0.25, -0.2) is 12.8 Å². The van der Waals surface area contributed by atoms with E-state index in [2.05, 4.69) is 9.36 Å². The molecular formula is C19H14ClFN2O2S2. The second-order valence-electron chi connectivity index (χ2n) is 6.14. The number of nitrogens with one attached hydrogen (secondary N) is 1. The number of aromatic nitrogens is 2. The van der Waals surface area contributed by atoms with Gasteiger partial charge in [-0.15, -0.1) is 0 Å². The van der Waals surface area contributed by atoms with Crippen LogP contribution in [0.3, 0.4) is 0 Å². The van der Waals surface area contributed by atoms with Crippen LogP contribution in [0.15, 0.2) is 58.3 Å². The van der Waals surface area contributed by atoms with Crippen LogP contribution in [-0.4, -0.2) is 17.8 Å². The number of aromatic amines is 1. The van der Waals surface area contributed by atoms with Crippen molar-refractivity contribution >= 4 is 43.9 Å². The van der Waals surface area contributed by atoms with Crippen molar-refractivity contribution in [2.75, 3.05) is 0 Å². The van der Waals surface area contributed by atoms with Crippen LogP contribution in [0.5, 0.6) is 0 Å². The zero-order valence-electron chi connectivity index (χ0n) is 14.2. The Balaban J connectivity index is 1.85. The van der Waals surface area contributed by atoms with E-state index in [1.807, 2.05) is 6.92 Å². The van der Waals surface area contributed by atoms with Crippen molar-refractivity contribution in [3.05, 3.63) is 75.6 Å². The molecule has 1 N–H and O–H groups in total. The van der Waals surface area contributed by atoms with Gasteiger partial charge in [-0.05, 0) is 54.4 Å². The lowest BCUT2D eigenvalue weighted by Gasteiger charge is -2.07. The van der Waals surface area contributed by atoms with E-state index >= 15 is 0 Å². The summed E-state index contributed by atoms with van der Waals surface area (Å²) in [4.78, 5) is 3.91. The van der Waals surface area contributed by atoms with E-state index in [-0.39, 0.29) is 20.8 Å². The van der Waals surface area contributed by atoms with Gasteiger partial charge in [-0.2, -0.15) is 4.37 Å². The fourth-order valence-electron chi connectivity index (χ4n) is 3.13. The van der Waals surface area contributed by atoms with Crippen LogP contribution in [0.2, 0.25) is 5.15 Å². The van der Waals surface area contributed by atoms with E-state index in [1.54, 1.807) is 24.3 Å². The zero-order chi connectivity index (χ0) is 19.2. The van der Waals surface area contributed by atoms with Crippen LogP contribution in [0.4, 0.5) is 4.39 Å². The molecule has 4 aromatic rings. The van der Waals surface area contributed by atoms with Gasteiger partial charge in [0, 0.05) is 23.0 Å². The molecule has 8 heteroatoms. The van der Waals surface area contributed by atoms with Crippen molar-refractivity contribution in [1.29, 1.82) is 0 Å². The normalized spacial score (nSPS) is 12.0. The van der Waals surface area contributed by atoms with Crippen LogP contribution >= 0.6 is 23.1 Å². The molecule has 0 unspecified atom stereocenters. The van der Waals surface area contributed by atoms with Crippen LogP contribution in [-0.2, 0) is 16.3 Å². The number of sulfone groups is 1. The molecule has 0 aliphatic heterocycles. The summed E-state index contributed by atoms with van der Waals surface area (Å²) in [5, 5.41) is 0.683. The zero-order valence-corrected chi connectivity index (χ0v) is 16.6. The highest BCUT2D eigenvalue weighted by atomic mass is 35.5. The maximum Gasteiger partial charge on any atom is 0.210 e. The summed E-state index contributed by atoms with van der Waals surface area (Å²) < 4.78 is 43.9. The van der Waals surface area contributed by atoms with E-state index in [0.717, 1.165) is 33.7 Å². The number of H-pyrrole nitrogens is 1. The molecule has 0 saturated carbocycles. The Morgan fingerprint density at radius 2 is 1.93 bits per heavy atom. The Morgan fingerprint density at radius 3 is 2.67 bits per heavy atom. The molecule has 0 fully saturated rings. The summed E-state index contributed by atoms with van der Waals surface area (Å²) in [5.41, 5.74) is 2.48. The first-order valence-corrected chi connectivity index (χ1v) is 10.7. The van der Waals surface area contributed by atoms with Crippen molar-refractivity contribution in [3.8, 4) is 0 Å². The molecule has 2 aromatic carbocycles. The summed E-state index contributed by atoms with van der Waals surface area (Å²) in [5.74, 6) is -0.345. The van der Waals surface area contributed by atoms with Crippen LogP contribution in [0.1, 0.15) is 16.1 Å². The fourth-order valence-corrected chi connectivity index (χ4v) is 6.26. The third kappa shape index (κ3) is 3.16. The summed E-state index contributed by atoms with van der Waals surface area (Å²) in [6, 6.07) is 12.6. The third-order valence-corrected chi connectivity index (χ3v) is 7.75. The van der Waals surface area contributed by atoms with E-state index < -0.39 is 9.84 Å². The molecule has 2 aromatic heterocycles. The Hall–Kier alpha value is -2.22. The number of hydrogen-bond acceptors (Lipinski definition) is 4. The molecule has 0 aliphatic carbocycles. The van der Waals surface area contributed by atoms with Crippen molar-refractivity contribution in [1.82, 2.24) is 9.36 Å². The first kappa shape index (κ1) is 18.2. The average Bonchev–Trinajstić information content (AvgIpc) is 3.16. The number of aryl methyl sites for hydroxylation is 1. The highest BCUT2D eigenvalue weighted by molar-refractivity contribution is 7.91. The van der Waals surface area contributed by atoms with Gasteiger partial charge in [0.15, 0.2) is 5.15 Å². The lowest BCUT2D eigenvalue weighted by atomic mass is 10.1. The van der Waals surface area contributed by atoms with Crippen LogP contribution < -0.4 is 0 Å². The van der Waals surface area contributed by atoms with Gasteiger partial charge in [-0.1, -0.05) is 29.8 Å². The summed E-state index contributed by atoms with van der Waals surface area (Å²) in [7, 11) is -3.80. The van der Waals surface area contributed by atoms with Crippen molar-refractivity contribution in [3.63, 3.8) is 0 Å². The highest BCUT2D eigenvalue weighted by Crippen LogP contribution is 2.36. The van der Waals surface area contributed by atoms with Gasteiger partial charge >= 0.3 is 0 Å². The minimum atomic E-state index is -3.80. The van der Waals surface area contributed by atoms with Crippen molar-refractivity contribution < 1.29 is 12.8 Å². The molecule has 0 atom stereocenters. The first-order valence-electron chi connectivity index (χ1n) is 8.09. The van der Waals surface area contributed by atoms with Gasteiger partial charge in [0.05, 0.1) is 9.77 Å². The monoisotopic (exact) mass is 420 g/mol. The Bertz CT molecular complexity index is 1250. The molecular weight excluding hydrogens is 407 g/mol. The lowest BCUT2D eigenvalue weighted by Crippen LogP contribution is -2.04. The molecule has 27 heavy (non-hydrogen) atoms. The quantitative estimate of drug-likeness (QED) is 0.496. The summed E-state index contributed by atoms with van der Waals surface area (Å²) >= 11 is 7.20. The predicted octanol–water partition coefficient (Wildman–Crippen LogP) is 5.15. The molecule has 2 heterocycles. The second-order valence-corrected chi connectivity index (χ2v) is 9.24. The molecule has 138 valence electrons. The highest BCUT2D eigenvalue weighted by Gasteiger charge is 2.28. The maximum absolute atomic E-state index is 13.7. The number of benzene rings is 2. The Morgan fingerprint density at radius 1 is 1.19 bits per heavy atom. The van der Waals surface area contributed by atoms with E-state index in [0.29, 0.717) is 11.3 Å². The Labute approximate surface area is 164 Å². The van der Waals surface area contributed by atoms with Crippen molar-refractivity contribution in [2.45, 2.75) is 23.1 Å². The number of nitrogens with zero attached hydrogens (tertiary/aromatic N) is 1. The topological polar surface area (TPSA) is 62.8 Å². The molecule has 0 bridgehead atoms. The fraction of sp³-hybridized carbons (Fsp3) is 0.105. The smallest absolute Gasteiger partial charge is 0.210 e. The maximum atomic E-state index is 13.7. The van der Waals surface area contributed by atoms with E-state index in [9.17, 15) is 12.8 Å². The largest absolute Gasteiger partial charge is 0.358 e. The van der Waals surface area contributed by atoms with Crippen molar-refractivity contribution in [2.24, 2.45) is 0 Å². The molecule has 0 saturated heterocycles. The molecule has 4 nitrogen and oxygen atoms in total. The minimum Gasteiger partial charge on any atom is -0.358 e.